The van der Waals surface area contributed by atoms with Gasteiger partial charge in [0.25, 0.3) is 15.4 Å². The van der Waals surface area contributed by atoms with Gasteiger partial charge in [0.1, 0.15) is 72.0 Å². The van der Waals surface area contributed by atoms with Gasteiger partial charge in [-0.3, -0.25) is 41.7 Å². The number of nitrogens with two attached hydrogens (primary N) is 3. The zero-order chi connectivity index (χ0) is 87.7. The van der Waals surface area contributed by atoms with E-state index in [9.17, 15) is 43.4 Å². The SMILES string of the molecule is CNc1nc(N)nc2c1ncn2[C@@H]1O[C@H](CO[P@@](=O)(N[C@@H](C)C(=O)OC(C)C)Oc2ccccc2)[C@@H](O)[C@]1(F)Cl.CNc1nc(N)nc2c1ncn2[C@@H]1O[C@H](CO[P@](=O)(N[C@@H](C)C(=O)OC(C)C)Oc2ccccc2)[C@@H](O)[C@]1(F)Cl.CNc1nc(N)nc2c1ncn2[C@@H]1O[C@H](CO[P@](=O)(N[C@H](C)C(=O)OC(C)C)Oc2ccccc2)[C@@H](O)[C@]1(F)Cl. The highest BCUT2D eigenvalue weighted by molar-refractivity contribution is 7.52. The number of benzene rings is 3. The Morgan fingerprint density at radius 3 is 0.892 bits per heavy atom. The number of nitrogens with one attached hydrogen (secondary N) is 6. The Bertz CT molecular complexity index is 4690. The van der Waals surface area contributed by atoms with Crippen molar-refractivity contribution in [1.29, 1.82) is 0 Å². The maximum atomic E-state index is 15.7. The molecule has 120 heavy (non-hydrogen) atoms. The third kappa shape index (κ3) is 22.0. The van der Waals surface area contributed by atoms with Crippen molar-refractivity contribution >= 4 is 145 Å². The van der Waals surface area contributed by atoms with Crippen LogP contribution in [0.25, 0.3) is 33.5 Å². The monoisotopic (exact) mass is 1800 g/mol. The average molecular weight is 1810 g/mol. The van der Waals surface area contributed by atoms with E-state index in [1.807, 2.05) is 0 Å². The van der Waals surface area contributed by atoms with Crippen LogP contribution < -0.4 is 62.0 Å². The Balaban J connectivity index is 0.000000189. The first-order valence-corrected chi connectivity index (χ1v) is 42.4. The number of alkyl halides is 6. The topological polar surface area (TPSA) is 555 Å². The van der Waals surface area contributed by atoms with Crippen molar-refractivity contribution in [2.45, 2.75) is 169 Å². The molecule has 9 aromatic rings. The number of carbonyl (C=O) groups excluding carboxylic acids is 3. The highest BCUT2D eigenvalue weighted by Crippen LogP contribution is 2.54. The Morgan fingerprint density at radius 2 is 0.675 bits per heavy atom. The van der Waals surface area contributed by atoms with Gasteiger partial charge in [-0.25, -0.2) is 41.8 Å². The molecule has 6 aromatic heterocycles. The number of halogens is 6. The number of aliphatic hydroxyl groups excluding tert-OH is 3. The van der Waals surface area contributed by atoms with Gasteiger partial charge in [0, 0.05) is 21.1 Å². The minimum atomic E-state index is -4.32. The van der Waals surface area contributed by atoms with Crippen molar-refractivity contribution in [2.24, 2.45) is 0 Å². The van der Waals surface area contributed by atoms with Gasteiger partial charge in [0.2, 0.25) is 17.8 Å². The summed E-state index contributed by atoms with van der Waals surface area (Å²) in [6.45, 7) is 12.3. The van der Waals surface area contributed by atoms with Crippen LogP contribution in [0.1, 0.15) is 81.0 Å². The molecule has 3 aliphatic heterocycles. The van der Waals surface area contributed by atoms with Crippen molar-refractivity contribution in [2.75, 3.05) is 74.1 Å². The first-order valence-electron chi connectivity index (χ1n) is 36.6. The molecule has 654 valence electrons. The first kappa shape index (κ1) is 93.1. The molecule has 15 N–H and O–H groups in total. The summed E-state index contributed by atoms with van der Waals surface area (Å²) in [5.74, 6) is -1.13. The fraction of sp³-hybridized carbons (Fsp3) is 0.478. The summed E-state index contributed by atoms with van der Waals surface area (Å²) in [6, 6.07) is 20.8. The van der Waals surface area contributed by atoms with Gasteiger partial charge in [-0.1, -0.05) is 89.4 Å². The van der Waals surface area contributed by atoms with Crippen molar-refractivity contribution in [3.8, 4) is 17.2 Å². The number of aromatic nitrogens is 12. The molecule has 3 aliphatic rings. The lowest BCUT2D eigenvalue weighted by Crippen LogP contribution is -2.40. The Kier molecular flexibility index (Phi) is 30.2. The Labute approximate surface area is 698 Å². The van der Waals surface area contributed by atoms with Gasteiger partial charge in [-0.2, -0.15) is 45.2 Å². The van der Waals surface area contributed by atoms with E-state index < -0.39 is 168 Å². The van der Waals surface area contributed by atoms with E-state index in [4.69, 9.17) is 108 Å². The standard InChI is InChI=1S/3C23H30ClFN7O7P/c3*1-12(2)37-20(34)13(3)31-40(35,39-14-8-6-5-7-9-14)36-10-15-17(33)23(24,25)21(38-15)32-11-28-16-18(27-4)29-22(26)30-19(16)32/h3*5-9,11-13,15,17,21,33H,10H2,1-4H3,(H,31,35)(H3,26,27,29,30)/t13-,15+,17+,21+,23+,40+;13-,15+,17+,21+,23+,40-;13-,15-,17-,21-,23-,40-/m001/s1. The Morgan fingerprint density at radius 1 is 0.442 bits per heavy atom. The van der Waals surface area contributed by atoms with Crippen LogP contribution in [0.15, 0.2) is 110 Å². The predicted octanol–water partition coefficient (Wildman–Crippen LogP) is 8.24. The number of fused-ring (bicyclic) bond motifs is 3. The molecule has 3 saturated heterocycles. The van der Waals surface area contributed by atoms with Crippen LogP contribution >= 0.6 is 58.0 Å². The van der Waals surface area contributed by atoms with Gasteiger partial charge in [-0.15, -0.1) is 0 Å². The van der Waals surface area contributed by atoms with Crippen LogP contribution in [0.2, 0.25) is 0 Å². The minimum absolute atomic E-state index is 0.0931. The molecule has 51 heteroatoms. The van der Waals surface area contributed by atoms with E-state index in [0.29, 0.717) is 0 Å². The number of ether oxygens (including phenoxy) is 6. The highest BCUT2D eigenvalue weighted by atomic mass is 35.5. The predicted molar refractivity (Wildman–Crippen MR) is 430 cm³/mol. The van der Waals surface area contributed by atoms with E-state index in [1.165, 1.54) is 76.2 Å². The maximum Gasteiger partial charge on any atom is 0.459 e. The Hall–Kier alpha value is -9.21. The van der Waals surface area contributed by atoms with Gasteiger partial charge in [0.05, 0.1) is 57.1 Å². The second-order valence-electron chi connectivity index (χ2n) is 27.6. The second-order valence-corrected chi connectivity index (χ2v) is 34.4. The smallest absolute Gasteiger partial charge is 0.459 e. The number of carbonyl (C=O) groups is 3. The summed E-state index contributed by atoms with van der Waals surface area (Å²) in [7, 11) is -8.19. The molecule has 3 aromatic carbocycles. The molecule has 18 atom stereocenters. The summed E-state index contributed by atoms with van der Waals surface area (Å²) in [5, 5.41) is 39.5. The molecule has 12 rings (SSSR count). The highest BCUT2D eigenvalue weighted by Gasteiger charge is 2.61. The van der Waals surface area contributed by atoms with Gasteiger partial charge >= 0.3 is 41.1 Å². The zero-order valence-corrected chi connectivity index (χ0v) is 71.0. The van der Waals surface area contributed by atoms with Crippen molar-refractivity contribution in [1.82, 2.24) is 73.8 Å². The van der Waals surface area contributed by atoms with Crippen LogP contribution in [0.3, 0.4) is 0 Å². The lowest BCUT2D eigenvalue weighted by molar-refractivity contribution is -0.150. The van der Waals surface area contributed by atoms with E-state index in [2.05, 4.69) is 76.1 Å². The van der Waals surface area contributed by atoms with Gasteiger partial charge < -0.3 is 90.5 Å². The normalized spacial score (nSPS) is 25.1. The quantitative estimate of drug-likeness (QED) is 0.00797. The maximum absolute atomic E-state index is 15.7. The fourth-order valence-corrected chi connectivity index (χ4v) is 17.1. The summed E-state index contributed by atoms with van der Waals surface area (Å²) >= 11 is 18.4. The minimum Gasteiger partial charge on any atom is -0.462 e. The van der Waals surface area contributed by atoms with Crippen LogP contribution in [-0.2, 0) is 70.1 Å². The molecule has 0 saturated carbocycles. The molecule has 3 fully saturated rings. The van der Waals surface area contributed by atoms with E-state index >= 15 is 13.2 Å². The molecule has 42 nitrogen and oxygen atoms in total. The molecule has 0 radical (unpaired) electrons. The molecule has 9 heterocycles. The number of hydrogen-bond donors (Lipinski definition) is 12. The van der Waals surface area contributed by atoms with Gasteiger partial charge in [-0.05, 0) is 98.7 Å². The third-order valence-electron chi connectivity index (χ3n) is 17.2. The number of anilines is 6. The fourth-order valence-electron chi connectivity index (χ4n) is 11.7. The number of esters is 3. The third-order valence-corrected chi connectivity index (χ3v) is 23.4. The van der Waals surface area contributed by atoms with E-state index in [-0.39, 0.29) is 86.0 Å². The number of para-hydroxylation sites is 3. The summed E-state index contributed by atoms with van der Waals surface area (Å²) in [5.41, 5.74) is 18.4. The molecular formula is C69H90Cl3F3N21O21P3. The average Bonchev–Trinajstić information content (AvgIpc) is 1.60. The molecule has 0 amide bonds. The number of nitrogens with zero attached hydrogens (tertiary/aromatic N) is 12. The molecule has 0 unspecified atom stereocenters. The molecule has 0 bridgehead atoms. The zero-order valence-electron chi connectivity index (χ0n) is 66.1. The molecular weight excluding hydrogens is 1720 g/mol. The van der Waals surface area contributed by atoms with Crippen molar-refractivity contribution in [3.05, 3.63) is 110 Å². The van der Waals surface area contributed by atoms with Crippen LogP contribution in [0.5, 0.6) is 17.2 Å². The van der Waals surface area contributed by atoms with E-state index in [0.717, 1.165) is 13.7 Å². The number of nitrogen functional groups attached to an aromatic ring is 3. The van der Waals surface area contributed by atoms with Crippen LogP contribution in [0.4, 0.5) is 48.5 Å². The van der Waals surface area contributed by atoms with Crippen LogP contribution in [-0.4, -0.2) is 221 Å². The summed E-state index contributed by atoms with van der Waals surface area (Å²) in [6.07, 6.45) is -12.7. The second kappa shape index (κ2) is 38.9. The molecule has 0 aliphatic carbocycles. The lowest BCUT2D eigenvalue weighted by atomic mass is 10.1. The number of imidazole rings is 3. The summed E-state index contributed by atoms with van der Waals surface area (Å²) in [4.78, 5) is 74.0. The summed E-state index contributed by atoms with van der Waals surface area (Å²) < 4.78 is 158. The largest absolute Gasteiger partial charge is 0.462 e. The number of rotatable bonds is 33. The lowest BCUT2D eigenvalue weighted by Gasteiger charge is -2.25. The van der Waals surface area contributed by atoms with Crippen LogP contribution in [0, 0.1) is 0 Å². The van der Waals surface area contributed by atoms with E-state index in [1.54, 1.807) is 117 Å². The first-order chi connectivity index (χ1) is 56.5. The van der Waals surface area contributed by atoms with Gasteiger partial charge in [0.15, 0.2) is 69.6 Å². The number of hydrogen-bond acceptors (Lipinski definition) is 36. The van der Waals surface area contributed by atoms with Crippen molar-refractivity contribution in [3.63, 3.8) is 0 Å². The van der Waals surface area contributed by atoms with Crippen molar-refractivity contribution < 1.29 is 112 Å². The number of aliphatic hydroxyl groups is 3. The molecule has 0 spiro atoms.